The van der Waals surface area contributed by atoms with Crippen LogP contribution in [0.3, 0.4) is 0 Å². The number of para-hydroxylation sites is 1. The van der Waals surface area contributed by atoms with Gasteiger partial charge in [0, 0.05) is 35.8 Å². The van der Waals surface area contributed by atoms with E-state index in [0.29, 0.717) is 5.92 Å². The van der Waals surface area contributed by atoms with Crippen molar-refractivity contribution in [3.63, 3.8) is 0 Å². The highest BCUT2D eigenvalue weighted by atomic mass is 16.3. The lowest BCUT2D eigenvalue weighted by atomic mass is 9.80. The summed E-state index contributed by atoms with van der Waals surface area (Å²) >= 11 is 0. The fourth-order valence-electron chi connectivity index (χ4n) is 3.45. The molecule has 3 nitrogen and oxygen atoms in total. The fraction of sp³-hybridized carbons (Fsp3) is 0.500. The molecule has 2 aromatic rings. The summed E-state index contributed by atoms with van der Waals surface area (Å²) in [6, 6.07) is 10.5. The third-order valence-electron chi connectivity index (χ3n) is 4.86. The van der Waals surface area contributed by atoms with Crippen molar-refractivity contribution >= 4 is 16.6 Å². The molecule has 0 radical (unpaired) electrons. The molecular formula is C18H24N2O. The van der Waals surface area contributed by atoms with E-state index in [-0.39, 0.29) is 0 Å². The monoisotopic (exact) mass is 284 g/mol. The molecule has 3 rings (SSSR count). The molecule has 1 N–H and O–H groups in total. The van der Waals surface area contributed by atoms with E-state index in [9.17, 15) is 5.11 Å². The number of nitrogens with zero attached hydrogens (tertiary/aromatic N) is 2. The number of fused-ring (bicyclic) bond motifs is 1. The van der Waals surface area contributed by atoms with Crippen molar-refractivity contribution in [2.75, 3.05) is 18.0 Å². The number of aryl methyl sites for hydroxylation is 1. The third-order valence-corrected chi connectivity index (χ3v) is 4.86. The van der Waals surface area contributed by atoms with Gasteiger partial charge in [-0.3, -0.25) is 4.98 Å². The summed E-state index contributed by atoms with van der Waals surface area (Å²) in [4.78, 5) is 7.04. The van der Waals surface area contributed by atoms with Gasteiger partial charge in [0.1, 0.15) is 0 Å². The van der Waals surface area contributed by atoms with Gasteiger partial charge in [0.2, 0.25) is 0 Å². The van der Waals surface area contributed by atoms with Crippen LogP contribution in [0.15, 0.2) is 30.3 Å². The van der Waals surface area contributed by atoms with E-state index in [0.717, 1.165) is 37.1 Å². The highest BCUT2D eigenvalue weighted by Gasteiger charge is 2.36. The van der Waals surface area contributed by atoms with Gasteiger partial charge in [-0.2, -0.15) is 0 Å². The number of hydrogen-bond acceptors (Lipinski definition) is 3. The Balaban J connectivity index is 2.01. The SMILES string of the molecule is CC[C@@H]1CN(c2cc(C)nc3ccccc23)CC[C@]1(C)O. The van der Waals surface area contributed by atoms with Crippen molar-refractivity contribution in [1.82, 2.24) is 4.98 Å². The Morgan fingerprint density at radius 2 is 2.14 bits per heavy atom. The molecule has 0 aliphatic carbocycles. The van der Waals surface area contributed by atoms with Crippen LogP contribution in [0.1, 0.15) is 32.4 Å². The number of anilines is 1. The molecule has 2 heterocycles. The van der Waals surface area contributed by atoms with Gasteiger partial charge in [-0.1, -0.05) is 25.1 Å². The molecule has 1 saturated heterocycles. The summed E-state index contributed by atoms with van der Waals surface area (Å²) in [5.74, 6) is 0.318. The molecule has 1 aliphatic heterocycles. The van der Waals surface area contributed by atoms with Gasteiger partial charge in [0.25, 0.3) is 0 Å². The molecule has 3 heteroatoms. The Bertz CT molecular complexity index is 651. The van der Waals surface area contributed by atoms with E-state index in [2.05, 4.69) is 41.1 Å². The zero-order valence-corrected chi connectivity index (χ0v) is 13.1. The number of pyridine rings is 1. The Morgan fingerprint density at radius 3 is 2.90 bits per heavy atom. The zero-order valence-electron chi connectivity index (χ0n) is 13.1. The van der Waals surface area contributed by atoms with E-state index in [1.807, 2.05) is 19.9 Å². The van der Waals surface area contributed by atoms with Crippen LogP contribution >= 0.6 is 0 Å². The van der Waals surface area contributed by atoms with Gasteiger partial charge >= 0.3 is 0 Å². The van der Waals surface area contributed by atoms with Crippen LogP contribution in [-0.2, 0) is 0 Å². The Morgan fingerprint density at radius 1 is 1.38 bits per heavy atom. The van der Waals surface area contributed by atoms with Crippen molar-refractivity contribution < 1.29 is 5.11 Å². The summed E-state index contributed by atoms with van der Waals surface area (Å²) in [6.07, 6.45) is 1.83. The first kappa shape index (κ1) is 14.3. The quantitative estimate of drug-likeness (QED) is 0.916. The van der Waals surface area contributed by atoms with E-state index in [1.165, 1.54) is 11.1 Å². The molecular weight excluding hydrogens is 260 g/mol. The first-order valence-corrected chi connectivity index (χ1v) is 7.85. The second-order valence-corrected chi connectivity index (χ2v) is 6.46. The predicted octanol–water partition coefficient (Wildman–Crippen LogP) is 3.53. The van der Waals surface area contributed by atoms with Gasteiger partial charge in [-0.25, -0.2) is 0 Å². The number of aliphatic hydroxyl groups is 1. The third kappa shape index (κ3) is 2.62. The van der Waals surface area contributed by atoms with Crippen LogP contribution in [0.2, 0.25) is 0 Å². The van der Waals surface area contributed by atoms with Gasteiger partial charge in [0.05, 0.1) is 11.1 Å². The summed E-state index contributed by atoms with van der Waals surface area (Å²) in [6.45, 7) is 8.01. The number of piperidine rings is 1. The van der Waals surface area contributed by atoms with Crippen molar-refractivity contribution in [3.8, 4) is 0 Å². The molecule has 1 aromatic heterocycles. The van der Waals surface area contributed by atoms with E-state index >= 15 is 0 Å². The lowest BCUT2D eigenvalue weighted by Crippen LogP contribution is -2.50. The second-order valence-electron chi connectivity index (χ2n) is 6.46. The Labute approximate surface area is 126 Å². The van der Waals surface area contributed by atoms with Crippen molar-refractivity contribution in [3.05, 3.63) is 36.0 Å². The molecule has 0 bridgehead atoms. The topological polar surface area (TPSA) is 36.4 Å². The van der Waals surface area contributed by atoms with Crippen LogP contribution in [-0.4, -0.2) is 28.8 Å². The van der Waals surface area contributed by atoms with Crippen LogP contribution in [0.4, 0.5) is 5.69 Å². The highest BCUT2D eigenvalue weighted by Crippen LogP contribution is 2.35. The van der Waals surface area contributed by atoms with Gasteiger partial charge in [-0.05, 0) is 38.8 Å². The smallest absolute Gasteiger partial charge is 0.0726 e. The lowest BCUT2D eigenvalue weighted by molar-refractivity contribution is -0.0181. The molecule has 1 aliphatic rings. The van der Waals surface area contributed by atoms with Gasteiger partial charge in [-0.15, -0.1) is 0 Å². The standard InChI is InChI=1S/C18H24N2O/c1-4-14-12-20(10-9-18(14,3)21)17-11-13(2)19-16-8-6-5-7-15(16)17/h5-8,11,14,21H,4,9-10,12H2,1-3H3/t14-,18+/m1/s1. The van der Waals surface area contributed by atoms with E-state index in [1.54, 1.807) is 0 Å². The minimum atomic E-state index is -0.539. The maximum Gasteiger partial charge on any atom is 0.0726 e. The first-order chi connectivity index (χ1) is 10.0. The second kappa shape index (κ2) is 5.30. The summed E-state index contributed by atoms with van der Waals surface area (Å²) < 4.78 is 0. The van der Waals surface area contributed by atoms with E-state index in [4.69, 9.17) is 0 Å². The minimum Gasteiger partial charge on any atom is -0.390 e. The molecule has 1 fully saturated rings. The largest absolute Gasteiger partial charge is 0.390 e. The van der Waals surface area contributed by atoms with Crippen LogP contribution in [0.5, 0.6) is 0 Å². The number of aromatic nitrogens is 1. The number of benzene rings is 1. The Hall–Kier alpha value is -1.61. The average Bonchev–Trinajstić information content (AvgIpc) is 2.46. The van der Waals surface area contributed by atoms with Gasteiger partial charge in [0.15, 0.2) is 0 Å². The van der Waals surface area contributed by atoms with Crippen molar-refractivity contribution in [1.29, 1.82) is 0 Å². The summed E-state index contributed by atoms with van der Waals surface area (Å²) in [5, 5.41) is 11.7. The normalized spacial score (nSPS) is 26.3. The molecule has 0 spiro atoms. The van der Waals surface area contributed by atoms with Crippen LogP contribution in [0, 0.1) is 12.8 Å². The molecule has 0 saturated carbocycles. The molecule has 0 unspecified atom stereocenters. The maximum absolute atomic E-state index is 10.5. The highest BCUT2D eigenvalue weighted by molar-refractivity contribution is 5.92. The van der Waals surface area contributed by atoms with Gasteiger partial charge < -0.3 is 10.0 Å². The molecule has 2 atom stereocenters. The maximum atomic E-state index is 10.5. The number of rotatable bonds is 2. The average molecular weight is 284 g/mol. The number of hydrogen-bond donors (Lipinski definition) is 1. The summed E-state index contributed by atoms with van der Waals surface area (Å²) in [7, 11) is 0. The van der Waals surface area contributed by atoms with Crippen molar-refractivity contribution in [2.45, 2.75) is 39.2 Å². The fourth-order valence-corrected chi connectivity index (χ4v) is 3.45. The first-order valence-electron chi connectivity index (χ1n) is 7.85. The Kier molecular flexibility index (Phi) is 3.62. The molecule has 0 amide bonds. The lowest BCUT2D eigenvalue weighted by Gasteiger charge is -2.43. The van der Waals surface area contributed by atoms with Crippen LogP contribution in [0.25, 0.3) is 10.9 Å². The summed E-state index contributed by atoms with van der Waals surface area (Å²) in [5.41, 5.74) is 2.82. The molecule has 21 heavy (non-hydrogen) atoms. The van der Waals surface area contributed by atoms with E-state index < -0.39 is 5.60 Å². The van der Waals surface area contributed by atoms with Crippen molar-refractivity contribution in [2.24, 2.45) is 5.92 Å². The molecule has 112 valence electrons. The van der Waals surface area contributed by atoms with Crippen LogP contribution < -0.4 is 4.90 Å². The predicted molar refractivity (Wildman–Crippen MR) is 87.7 cm³/mol. The molecule has 1 aromatic carbocycles. The zero-order chi connectivity index (χ0) is 15.0. The minimum absolute atomic E-state index is 0.318.